The number of carbonyl (C=O) groups is 1. The van der Waals surface area contributed by atoms with Gasteiger partial charge >= 0.3 is 5.97 Å². The molecule has 1 unspecified atom stereocenters. The lowest BCUT2D eigenvalue weighted by Gasteiger charge is -2.38. The highest BCUT2D eigenvalue weighted by atomic mass is 16.5. The molecule has 3 nitrogen and oxygen atoms in total. The van der Waals surface area contributed by atoms with Crippen molar-refractivity contribution < 1.29 is 9.53 Å². The molecule has 3 rings (SSSR count). The van der Waals surface area contributed by atoms with Gasteiger partial charge in [0.1, 0.15) is 6.10 Å². The van der Waals surface area contributed by atoms with Gasteiger partial charge in [-0.1, -0.05) is 20.8 Å². The number of hydrogen-bond donors (Lipinski definition) is 1. The summed E-state index contributed by atoms with van der Waals surface area (Å²) in [6, 6.07) is 6.95. The normalized spacial score (nSPS) is 34.1. The van der Waals surface area contributed by atoms with Crippen LogP contribution in [0.5, 0.6) is 0 Å². The molecule has 0 aromatic heterocycles. The molecule has 2 aliphatic carbocycles. The SMILES string of the molecule is CC1(C)[C@@H]2CC[C@@]1(C)C(OC(=O)c1ccc(N)cc1)C2. The summed E-state index contributed by atoms with van der Waals surface area (Å²) in [4.78, 5) is 12.3. The zero-order valence-electron chi connectivity index (χ0n) is 12.5. The molecule has 0 saturated heterocycles. The van der Waals surface area contributed by atoms with Crippen molar-refractivity contribution in [2.75, 3.05) is 5.73 Å². The Labute approximate surface area is 120 Å². The third-order valence-electron chi connectivity index (χ3n) is 6.11. The van der Waals surface area contributed by atoms with Crippen molar-refractivity contribution in [1.29, 1.82) is 0 Å². The van der Waals surface area contributed by atoms with Gasteiger partial charge in [-0.2, -0.15) is 0 Å². The second-order valence-electron chi connectivity index (χ2n) is 7.13. The molecule has 3 atom stereocenters. The summed E-state index contributed by atoms with van der Waals surface area (Å²) in [5.41, 5.74) is 7.27. The molecule has 0 aliphatic heterocycles. The van der Waals surface area contributed by atoms with Crippen LogP contribution in [0.4, 0.5) is 5.69 Å². The van der Waals surface area contributed by atoms with Gasteiger partial charge < -0.3 is 10.5 Å². The third kappa shape index (κ3) is 1.75. The number of hydrogen-bond acceptors (Lipinski definition) is 3. The van der Waals surface area contributed by atoms with Gasteiger partial charge in [-0.3, -0.25) is 0 Å². The zero-order valence-corrected chi connectivity index (χ0v) is 12.5. The Bertz CT molecular complexity index is 534. The molecule has 0 amide bonds. The van der Waals surface area contributed by atoms with Crippen LogP contribution in [0.15, 0.2) is 24.3 Å². The van der Waals surface area contributed by atoms with E-state index in [1.165, 1.54) is 6.42 Å². The van der Waals surface area contributed by atoms with Crippen LogP contribution in [0.1, 0.15) is 50.4 Å². The van der Waals surface area contributed by atoms with Crippen molar-refractivity contribution >= 4 is 11.7 Å². The lowest BCUT2D eigenvalue weighted by Crippen LogP contribution is -2.38. The molecule has 2 fully saturated rings. The molecule has 20 heavy (non-hydrogen) atoms. The van der Waals surface area contributed by atoms with Crippen LogP contribution in [-0.4, -0.2) is 12.1 Å². The predicted octanol–water partition coefficient (Wildman–Crippen LogP) is 3.64. The number of rotatable bonds is 2. The molecule has 0 spiro atoms. The van der Waals surface area contributed by atoms with E-state index in [9.17, 15) is 4.79 Å². The Morgan fingerprint density at radius 2 is 1.90 bits per heavy atom. The van der Waals surface area contributed by atoms with Crippen LogP contribution in [-0.2, 0) is 4.74 Å². The second kappa shape index (κ2) is 4.24. The maximum atomic E-state index is 12.3. The highest BCUT2D eigenvalue weighted by molar-refractivity contribution is 5.89. The number of anilines is 1. The largest absolute Gasteiger partial charge is 0.458 e. The first kappa shape index (κ1) is 13.5. The molecular formula is C17H23NO2. The van der Waals surface area contributed by atoms with E-state index in [1.807, 2.05) is 0 Å². The molecule has 2 aliphatic rings. The fourth-order valence-electron chi connectivity index (χ4n) is 4.12. The Hall–Kier alpha value is -1.51. The van der Waals surface area contributed by atoms with Gasteiger partial charge in [0.2, 0.25) is 0 Å². The average Bonchev–Trinajstić information content (AvgIpc) is 2.72. The van der Waals surface area contributed by atoms with Crippen molar-refractivity contribution in [3.63, 3.8) is 0 Å². The van der Waals surface area contributed by atoms with E-state index in [-0.39, 0.29) is 22.9 Å². The highest BCUT2D eigenvalue weighted by Gasteiger charge is 2.62. The van der Waals surface area contributed by atoms with Crippen molar-refractivity contribution in [2.45, 2.75) is 46.1 Å². The summed E-state index contributed by atoms with van der Waals surface area (Å²) < 4.78 is 5.83. The number of esters is 1. The number of carbonyl (C=O) groups excluding carboxylic acids is 1. The van der Waals surface area contributed by atoms with Crippen molar-refractivity contribution in [2.24, 2.45) is 16.7 Å². The van der Waals surface area contributed by atoms with Gasteiger partial charge in [-0.25, -0.2) is 4.79 Å². The first-order valence-electron chi connectivity index (χ1n) is 7.41. The average molecular weight is 273 g/mol. The molecule has 2 saturated carbocycles. The van der Waals surface area contributed by atoms with E-state index in [2.05, 4.69) is 20.8 Å². The van der Waals surface area contributed by atoms with Crippen LogP contribution in [0, 0.1) is 16.7 Å². The lowest BCUT2D eigenvalue weighted by molar-refractivity contribution is -0.0242. The highest BCUT2D eigenvalue weighted by Crippen LogP contribution is 2.66. The lowest BCUT2D eigenvalue weighted by atomic mass is 9.70. The maximum Gasteiger partial charge on any atom is 0.338 e. The monoisotopic (exact) mass is 273 g/mol. The molecule has 0 radical (unpaired) electrons. The van der Waals surface area contributed by atoms with E-state index < -0.39 is 0 Å². The first-order valence-corrected chi connectivity index (χ1v) is 7.41. The number of fused-ring (bicyclic) bond motifs is 2. The van der Waals surface area contributed by atoms with Crippen LogP contribution >= 0.6 is 0 Å². The smallest absolute Gasteiger partial charge is 0.338 e. The van der Waals surface area contributed by atoms with Gasteiger partial charge in [0.25, 0.3) is 0 Å². The van der Waals surface area contributed by atoms with E-state index in [4.69, 9.17) is 10.5 Å². The van der Waals surface area contributed by atoms with Crippen molar-refractivity contribution in [3.8, 4) is 0 Å². The van der Waals surface area contributed by atoms with E-state index in [0.717, 1.165) is 12.8 Å². The Morgan fingerprint density at radius 1 is 1.25 bits per heavy atom. The minimum absolute atomic E-state index is 0.0429. The molecule has 3 heteroatoms. The van der Waals surface area contributed by atoms with Gasteiger partial charge in [-0.15, -0.1) is 0 Å². The van der Waals surface area contributed by atoms with Gasteiger partial charge in [0, 0.05) is 11.1 Å². The maximum absolute atomic E-state index is 12.3. The van der Waals surface area contributed by atoms with Crippen LogP contribution in [0.25, 0.3) is 0 Å². The molecule has 1 aromatic carbocycles. The molecule has 0 heterocycles. The van der Waals surface area contributed by atoms with Crippen LogP contribution < -0.4 is 5.73 Å². The second-order valence-corrected chi connectivity index (χ2v) is 7.13. The topological polar surface area (TPSA) is 52.3 Å². The van der Waals surface area contributed by atoms with Crippen LogP contribution in [0.3, 0.4) is 0 Å². The summed E-state index contributed by atoms with van der Waals surface area (Å²) in [5.74, 6) is 0.455. The Kier molecular flexibility index (Phi) is 2.86. The van der Waals surface area contributed by atoms with E-state index in [1.54, 1.807) is 24.3 Å². The summed E-state index contributed by atoms with van der Waals surface area (Å²) in [6.45, 7) is 6.92. The van der Waals surface area contributed by atoms with Crippen molar-refractivity contribution in [3.05, 3.63) is 29.8 Å². The predicted molar refractivity (Wildman–Crippen MR) is 79.3 cm³/mol. The summed E-state index contributed by atoms with van der Waals surface area (Å²) in [5, 5.41) is 0. The summed E-state index contributed by atoms with van der Waals surface area (Å²) in [6.07, 6.45) is 3.47. The summed E-state index contributed by atoms with van der Waals surface area (Å²) in [7, 11) is 0. The number of nitrogens with two attached hydrogens (primary N) is 1. The fourth-order valence-corrected chi connectivity index (χ4v) is 4.12. The minimum Gasteiger partial charge on any atom is -0.458 e. The Balaban J connectivity index is 1.76. The molecule has 108 valence electrons. The quantitative estimate of drug-likeness (QED) is 0.661. The molecule has 2 bridgehead atoms. The molecule has 2 N–H and O–H groups in total. The zero-order chi connectivity index (χ0) is 14.5. The number of nitrogen functional groups attached to an aromatic ring is 1. The van der Waals surface area contributed by atoms with E-state index in [0.29, 0.717) is 17.2 Å². The third-order valence-corrected chi connectivity index (χ3v) is 6.11. The standard InChI is InChI=1S/C17H23NO2/c1-16(2)12-8-9-17(16,3)14(10-12)20-15(19)11-4-6-13(18)7-5-11/h4-7,12,14H,8-10,18H2,1-3H3/t12-,14?,17+/m1/s1. The Morgan fingerprint density at radius 3 is 2.40 bits per heavy atom. The fraction of sp³-hybridized carbons (Fsp3) is 0.588. The van der Waals surface area contributed by atoms with E-state index >= 15 is 0 Å². The molecular weight excluding hydrogens is 250 g/mol. The number of benzene rings is 1. The van der Waals surface area contributed by atoms with Gasteiger partial charge in [0.15, 0.2) is 0 Å². The first-order chi connectivity index (χ1) is 9.34. The summed E-state index contributed by atoms with van der Waals surface area (Å²) >= 11 is 0. The van der Waals surface area contributed by atoms with Gasteiger partial charge in [-0.05, 0) is 54.9 Å². The minimum atomic E-state index is -0.223. The van der Waals surface area contributed by atoms with Gasteiger partial charge in [0.05, 0.1) is 5.56 Å². The number of ether oxygens (including phenoxy) is 1. The molecule has 1 aromatic rings. The van der Waals surface area contributed by atoms with Crippen molar-refractivity contribution in [1.82, 2.24) is 0 Å². The van der Waals surface area contributed by atoms with Crippen LogP contribution in [0.2, 0.25) is 0 Å².